The van der Waals surface area contributed by atoms with Gasteiger partial charge in [0.2, 0.25) is 5.91 Å². The van der Waals surface area contributed by atoms with Crippen LogP contribution in [0, 0.1) is 0 Å². The maximum Gasteiger partial charge on any atom is 0.305 e. The average molecular weight is 455 g/mol. The first-order chi connectivity index (χ1) is 16.0. The molecule has 2 amide bonds. The fourth-order valence-electron chi connectivity index (χ4n) is 3.19. The Morgan fingerprint density at radius 3 is 2.33 bits per heavy atom. The summed E-state index contributed by atoms with van der Waals surface area (Å²) in [5, 5.41) is 0. The summed E-state index contributed by atoms with van der Waals surface area (Å²) in [5.74, 6) is -0.177. The van der Waals surface area contributed by atoms with Crippen LogP contribution in [0.4, 0.5) is 0 Å². The number of esters is 1. The van der Waals surface area contributed by atoms with Gasteiger partial charge >= 0.3 is 5.97 Å². The van der Waals surface area contributed by atoms with E-state index in [9.17, 15) is 14.4 Å². The van der Waals surface area contributed by atoms with Crippen LogP contribution in [0.15, 0.2) is 54.6 Å². The molecule has 2 rings (SSSR count). The number of hydrazine groups is 1. The van der Waals surface area contributed by atoms with Crippen LogP contribution in [-0.2, 0) is 25.5 Å². The van der Waals surface area contributed by atoms with Gasteiger partial charge in [-0.2, -0.15) is 0 Å². The molecule has 0 aliphatic rings. The molecular weight excluding hydrogens is 420 g/mol. The van der Waals surface area contributed by atoms with Crippen molar-refractivity contribution in [1.29, 1.82) is 0 Å². The normalized spacial score (nSPS) is 11.3. The van der Waals surface area contributed by atoms with Gasteiger partial charge in [-0.1, -0.05) is 62.4 Å². The minimum Gasteiger partial charge on any atom is -0.483 e. The predicted octanol–water partition coefficient (Wildman–Crippen LogP) is 4.07. The van der Waals surface area contributed by atoms with Crippen LogP contribution in [0.2, 0.25) is 0 Å². The van der Waals surface area contributed by atoms with Crippen molar-refractivity contribution >= 4 is 17.8 Å². The van der Waals surface area contributed by atoms with Gasteiger partial charge in [-0.25, -0.2) is 0 Å². The van der Waals surface area contributed by atoms with Gasteiger partial charge in [-0.05, 0) is 48.8 Å². The maximum atomic E-state index is 12.0. The summed E-state index contributed by atoms with van der Waals surface area (Å²) < 4.78 is 10.8. The van der Waals surface area contributed by atoms with Gasteiger partial charge < -0.3 is 9.47 Å². The van der Waals surface area contributed by atoms with E-state index >= 15 is 0 Å². The highest BCUT2D eigenvalue weighted by atomic mass is 16.5. The molecule has 1 unspecified atom stereocenters. The number of aryl methyl sites for hydroxylation is 1. The summed E-state index contributed by atoms with van der Waals surface area (Å²) in [6.45, 7) is 4.34. The van der Waals surface area contributed by atoms with Crippen molar-refractivity contribution in [3.05, 3.63) is 65.7 Å². The first kappa shape index (κ1) is 25.9. The first-order valence-electron chi connectivity index (χ1n) is 11.5. The average Bonchev–Trinajstić information content (AvgIpc) is 2.84. The van der Waals surface area contributed by atoms with E-state index < -0.39 is 5.91 Å². The van der Waals surface area contributed by atoms with E-state index in [-0.39, 0.29) is 31.3 Å². The Balaban J connectivity index is 1.55. The summed E-state index contributed by atoms with van der Waals surface area (Å²) >= 11 is 0. The van der Waals surface area contributed by atoms with Gasteiger partial charge in [0.1, 0.15) is 5.75 Å². The first-order valence-corrected chi connectivity index (χ1v) is 11.5. The third-order valence-electron chi connectivity index (χ3n) is 5.26. The van der Waals surface area contributed by atoms with Crippen LogP contribution < -0.4 is 15.6 Å². The molecular formula is C26H34N2O5. The molecule has 0 bridgehead atoms. The molecule has 0 aliphatic heterocycles. The lowest BCUT2D eigenvalue weighted by atomic mass is 9.98. The summed E-state index contributed by atoms with van der Waals surface area (Å²) in [6, 6.07) is 17.6. The Morgan fingerprint density at radius 1 is 0.879 bits per heavy atom. The van der Waals surface area contributed by atoms with E-state index in [1.807, 2.05) is 54.6 Å². The van der Waals surface area contributed by atoms with Crippen LogP contribution in [0.3, 0.4) is 0 Å². The SMILES string of the molecule is CCC(C)c1ccccc1OCC(=O)NNC(=O)CCCC(=O)OCCCc1ccccc1. The quantitative estimate of drug-likeness (QED) is 0.270. The van der Waals surface area contributed by atoms with E-state index in [1.165, 1.54) is 5.56 Å². The zero-order valence-corrected chi connectivity index (χ0v) is 19.5. The molecule has 0 spiro atoms. The number of nitrogens with one attached hydrogen (secondary N) is 2. The zero-order valence-electron chi connectivity index (χ0n) is 19.5. The van der Waals surface area contributed by atoms with Crippen molar-refractivity contribution in [2.75, 3.05) is 13.2 Å². The molecule has 0 aromatic heterocycles. The molecule has 0 fully saturated rings. The third kappa shape index (κ3) is 10.2. The summed E-state index contributed by atoms with van der Waals surface area (Å²) in [4.78, 5) is 35.6. The zero-order chi connectivity index (χ0) is 23.9. The molecule has 2 aromatic carbocycles. The number of ether oxygens (including phenoxy) is 2. The second-order valence-electron chi connectivity index (χ2n) is 7.90. The van der Waals surface area contributed by atoms with E-state index in [0.717, 1.165) is 24.8 Å². The molecule has 7 nitrogen and oxygen atoms in total. The van der Waals surface area contributed by atoms with Crippen LogP contribution in [0.1, 0.15) is 63.0 Å². The monoisotopic (exact) mass is 454 g/mol. The number of benzene rings is 2. The Morgan fingerprint density at radius 2 is 1.58 bits per heavy atom. The van der Waals surface area contributed by atoms with Crippen molar-refractivity contribution < 1.29 is 23.9 Å². The fourth-order valence-corrected chi connectivity index (χ4v) is 3.19. The Bertz CT molecular complexity index is 885. The van der Waals surface area contributed by atoms with Crippen molar-refractivity contribution in [3.8, 4) is 5.75 Å². The van der Waals surface area contributed by atoms with E-state index in [0.29, 0.717) is 24.7 Å². The van der Waals surface area contributed by atoms with E-state index in [2.05, 4.69) is 24.7 Å². The molecule has 33 heavy (non-hydrogen) atoms. The number of hydrogen-bond donors (Lipinski definition) is 2. The summed E-state index contributed by atoms with van der Waals surface area (Å²) in [6.07, 6.45) is 3.18. The highest BCUT2D eigenvalue weighted by Gasteiger charge is 2.12. The third-order valence-corrected chi connectivity index (χ3v) is 5.26. The van der Waals surface area contributed by atoms with Gasteiger partial charge in [-0.15, -0.1) is 0 Å². The molecule has 0 saturated carbocycles. The number of hydrogen-bond acceptors (Lipinski definition) is 5. The predicted molar refractivity (Wildman–Crippen MR) is 127 cm³/mol. The number of carbonyl (C=O) groups is 3. The Labute approximate surface area is 195 Å². The molecule has 1 atom stereocenters. The van der Waals surface area contributed by atoms with Crippen LogP contribution in [0.25, 0.3) is 0 Å². The summed E-state index contributed by atoms with van der Waals surface area (Å²) in [7, 11) is 0. The lowest BCUT2D eigenvalue weighted by molar-refractivity contribution is -0.144. The lowest BCUT2D eigenvalue weighted by Gasteiger charge is -2.15. The molecule has 0 heterocycles. The van der Waals surface area contributed by atoms with Crippen molar-refractivity contribution in [2.45, 2.75) is 58.3 Å². The number of carbonyl (C=O) groups excluding carboxylic acids is 3. The highest BCUT2D eigenvalue weighted by Crippen LogP contribution is 2.28. The molecule has 0 aliphatic carbocycles. The molecule has 0 saturated heterocycles. The second kappa shape index (κ2) is 14.7. The van der Waals surface area contributed by atoms with Crippen LogP contribution >= 0.6 is 0 Å². The van der Waals surface area contributed by atoms with Crippen molar-refractivity contribution in [1.82, 2.24) is 10.9 Å². The molecule has 7 heteroatoms. The standard InChI is InChI=1S/C26H34N2O5/c1-3-20(2)22-14-7-8-15-23(22)33-19-25(30)28-27-24(29)16-9-17-26(31)32-18-10-13-21-11-5-4-6-12-21/h4-8,11-12,14-15,20H,3,9-10,13,16-19H2,1-2H3,(H,27,29)(H,28,30). The van der Waals surface area contributed by atoms with Gasteiger partial charge in [-0.3, -0.25) is 25.2 Å². The van der Waals surface area contributed by atoms with Crippen molar-refractivity contribution in [2.24, 2.45) is 0 Å². The second-order valence-corrected chi connectivity index (χ2v) is 7.90. The van der Waals surface area contributed by atoms with Crippen LogP contribution in [0.5, 0.6) is 5.75 Å². The molecule has 2 N–H and O–H groups in total. The van der Waals surface area contributed by atoms with Gasteiger partial charge in [0, 0.05) is 12.8 Å². The minimum absolute atomic E-state index is 0.108. The maximum absolute atomic E-state index is 12.0. The summed E-state index contributed by atoms with van der Waals surface area (Å²) in [5.41, 5.74) is 6.92. The number of para-hydroxylation sites is 1. The van der Waals surface area contributed by atoms with E-state index in [4.69, 9.17) is 9.47 Å². The Hall–Kier alpha value is -3.35. The van der Waals surface area contributed by atoms with Crippen LogP contribution in [-0.4, -0.2) is 31.0 Å². The van der Waals surface area contributed by atoms with Gasteiger partial charge in [0.05, 0.1) is 6.61 Å². The highest BCUT2D eigenvalue weighted by molar-refractivity contribution is 5.83. The van der Waals surface area contributed by atoms with Gasteiger partial charge in [0.25, 0.3) is 5.91 Å². The minimum atomic E-state index is -0.458. The topological polar surface area (TPSA) is 93.7 Å². The smallest absolute Gasteiger partial charge is 0.305 e. The molecule has 178 valence electrons. The molecule has 2 aromatic rings. The molecule has 0 radical (unpaired) electrons. The number of amides is 2. The Kier molecular flexibility index (Phi) is 11.5. The van der Waals surface area contributed by atoms with Gasteiger partial charge in [0.15, 0.2) is 6.61 Å². The number of rotatable bonds is 13. The van der Waals surface area contributed by atoms with Crippen molar-refractivity contribution in [3.63, 3.8) is 0 Å². The lowest BCUT2D eigenvalue weighted by Crippen LogP contribution is -2.43. The van der Waals surface area contributed by atoms with E-state index in [1.54, 1.807) is 0 Å². The fraction of sp³-hybridized carbons (Fsp3) is 0.423. The largest absolute Gasteiger partial charge is 0.483 e.